The number of hydrogen-bond acceptors (Lipinski definition) is 5. The fourth-order valence-electron chi connectivity index (χ4n) is 3.71. The van der Waals surface area contributed by atoms with Crippen LogP contribution in [0.5, 0.6) is 5.75 Å². The molecule has 6 heteroatoms. The number of nitrogens with zero attached hydrogens (tertiary/aromatic N) is 2. The highest BCUT2D eigenvalue weighted by Gasteiger charge is 2.20. The van der Waals surface area contributed by atoms with E-state index in [4.69, 9.17) is 14.5 Å². The van der Waals surface area contributed by atoms with Crippen molar-refractivity contribution in [3.05, 3.63) is 63.9 Å². The lowest BCUT2D eigenvalue weighted by atomic mass is 10.1. The molecule has 0 spiro atoms. The molecule has 4 rings (SSSR count). The number of para-hydroxylation sites is 2. The van der Waals surface area contributed by atoms with Gasteiger partial charge in [0.25, 0.3) is 5.56 Å². The lowest BCUT2D eigenvalue weighted by Crippen LogP contribution is -2.29. The van der Waals surface area contributed by atoms with E-state index in [-0.39, 0.29) is 11.7 Å². The van der Waals surface area contributed by atoms with E-state index in [1.165, 1.54) is 0 Å². The van der Waals surface area contributed by atoms with Crippen LogP contribution in [0.2, 0.25) is 0 Å². The fourth-order valence-corrected chi connectivity index (χ4v) is 4.54. The monoisotopic (exact) mass is 410 g/mol. The number of aromatic nitrogens is 2. The van der Waals surface area contributed by atoms with Gasteiger partial charge in [0.15, 0.2) is 5.16 Å². The maximum atomic E-state index is 13.1. The topological polar surface area (TPSA) is 53.3 Å². The lowest BCUT2D eigenvalue weighted by molar-refractivity contribution is 0.0937. The largest absolute Gasteiger partial charge is 0.492 e. The quantitative estimate of drug-likeness (QED) is 0.329. The van der Waals surface area contributed by atoms with Gasteiger partial charge in [-0.3, -0.25) is 9.36 Å². The summed E-state index contributed by atoms with van der Waals surface area (Å²) in [5.41, 5.74) is 3.01. The average molecular weight is 411 g/mol. The van der Waals surface area contributed by atoms with E-state index in [2.05, 4.69) is 26.0 Å². The van der Waals surface area contributed by atoms with E-state index >= 15 is 0 Å². The second kappa shape index (κ2) is 9.01. The number of thioether (sulfide) groups is 1. The highest BCUT2D eigenvalue weighted by Crippen LogP contribution is 2.24. The van der Waals surface area contributed by atoms with Crippen molar-refractivity contribution in [2.45, 2.75) is 44.5 Å². The molecule has 2 aromatic carbocycles. The Hall–Kier alpha value is -2.31. The number of fused-ring (bicyclic) bond motifs is 1. The first-order valence-corrected chi connectivity index (χ1v) is 11.0. The van der Waals surface area contributed by atoms with E-state index in [1.807, 2.05) is 30.3 Å². The minimum Gasteiger partial charge on any atom is -0.492 e. The third-order valence-electron chi connectivity index (χ3n) is 5.21. The van der Waals surface area contributed by atoms with Crippen molar-refractivity contribution in [2.24, 2.45) is 0 Å². The molecular weight excluding hydrogens is 384 g/mol. The predicted molar refractivity (Wildman–Crippen MR) is 117 cm³/mol. The molecule has 0 aliphatic carbocycles. The molecule has 29 heavy (non-hydrogen) atoms. The summed E-state index contributed by atoms with van der Waals surface area (Å²) in [5.74, 6) is 1.65. The summed E-state index contributed by atoms with van der Waals surface area (Å²) in [6, 6.07) is 13.7. The Morgan fingerprint density at radius 3 is 2.72 bits per heavy atom. The highest BCUT2D eigenvalue weighted by atomic mass is 32.2. The average Bonchev–Trinajstić information content (AvgIpc) is 3.23. The molecule has 1 saturated heterocycles. The first-order valence-electron chi connectivity index (χ1n) is 10.1. The summed E-state index contributed by atoms with van der Waals surface area (Å²) in [4.78, 5) is 17.9. The summed E-state index contributed by atoms with van der Waals surface area (Å²) in [5, 5.41) is 1.39. The van der Waals surface area contributed by atoms with Crippen LogP contribution in [0.15, 0.2) is 52.4 Å². The van der Waals surface area contributed by atoms with Crippen molar-refractivity contribution in [1.82, 2.24) is 9.55 Å². The molecule has 0 radical (unpaired) electrons. The summed E-state index contributed by atoms with van der Waals surface area (Å²) in [6.07, 6.45) is 2.12. The smallest absolute Gasteiger partial charge is 0.262 e. The van der Waals surface area contributed by atoms with Crippen LogP contribution in [-0.2, 0) is 11.3 Å². The van der Waals surface area contributed by atoms with Crippen LogP contribution in [0.3, 0.4) is 0 Å². The van der Waals surface area contributed by atoms with Gasteiger partial charge < -0.3 is 9.47 Å². The number of benzene rings is 2. The van der Waals surface area contributed by atoms with Gasteiger partial charge in [-0.25, -0.2) is 4.98 Å². The number of aryl methyl sites for hydroxylation is 2. The molecule has 1 aliphatic rings. The van der Waals surface area contributed by atoms with Crippen molar-refractivity contribution < 1.29 is 9.47 Å². The maximum Gasteiger partial charge on any atom is 0.262 e. The van der Waals surface area contributed by atoms with Crippen LogP contribution in [0, 0.1) is 13.8 Å². The highest BCUT2D eigenvalue weighted by molar-refractivity contribution is 7.99. The minimum absolute atomic E-state index is 0.00395. The zero-order chi connectivity index (χ0) is 20.2. The number of hydrogen-bond donors (Lipinski definition) is 0. The van der Waals surface area contributed by atoms with E-state index in [1.54, 1.807) is 16.3 Å². The van der Waals surface area contributed by atoms with Crippen molar-refractivity contribution in [2.75, 3.05) is 19.0 Å². The van der Waals surface area contributed by atoms with Crippen molar-refractivity contribution >= 4 is 22.7 Å². The van der Waals surface area contributed by atoms with Crippen molar-refractivity contribution in [3.8, 4) is 5.75 Å². The third kappa shape index (κ3) is 4.49. The molecule has 1 fully saturated rings. The van der Waals surface area contributed by atoms with Gasteiger partial charge in [0, 0.05) is 12.4 Å². The molecule has 1 aliphatic heterocycles. The van der Waals surface area contributed by atoms with Crippen LogP contribution < -0.4 is 10.3 Å². The Balaban J connectivity index is 1.53. The number of rotatable bonds is 7. The minimum atomic E-state index is 0.00395. The lowest BCUT2D eigenvalue weighted by Gasteiger charge is -2.17. The second-order valence-corrected chi connectivity index (χ2v) is 8.44. The predicted octanol–water partition coefficient (Wildman–Crippen LogP) is 4.36. The summed E-state index contributed by atoms with van der Waals surface area (Å²) in [6.45, 7) is 5.99. The molecule has 0 N–H and O–H groups in total. The van der Waals surface area contributed by atoms with Crippen molar-refractivity contribution in [3.63, 3.8) is 0 Å². The summed E-state index contributed by atoms with van der Waals surface area (Å²) >= 11 is 1.56. The van der Waals surface area contributed by atoms with Crippen LogP contribution in [0.4, 0.5) is 0 Å². The Kier molecular flexibility index (Phi) is 6.21. The van der Waals surface area contributed by atoms with Gasteiger partial charge in [0.05, 0.1) is 30.2 Å². The van der Waals surface area contributed by atoms with E-state index in [0.717, 1.165) is 47.0 Å². The molecular formula is C23H26N2O3S. The van der Waals surface area contributed by atoms with Gasteiger partial charge in [0.2, 0.25) is 0 Å². The van der Waals surface area contributed by atoms with Gasteiger partial charge in [-0.1, -0.05) is 42.1 Å². The molecule has 1 atom stereocenters. The number of ether oxygens (including phenoxy) is 2. The molecule has 0 bridgehead atoms. The fraction of sp³-hybridized carbons (Fsp3) is 0.391. The molecule has 2 heterocycles. The van der Waals surface area contributed by atoms with Crippen LogP contribution in [0.25, 0.3) is 10.9 Å². The van der Waals surface area contributed by atoms with Gasteiger partial charge in [-0.15, -0.1) is 0 Å². The molecule has 0 amide bonds. The van der Waals surface area contributed by atoms with Crippen LogP contribution >= 0.6 is 11.8 Å². The molecule has 5 nitrogen and oxygen atoms in total. The van der Waals surface area contributed by atoms with E-state index in [9.17, 15) is 4.79 Å². The van der Waals surface area contributed by atoms with Gasteiger partial charge in [-0.05, 0) is 49.9 Å². The molecule has 0 saturated carbocycles. The Bertz CT molecular complexity index is 1040. The molecule has 3 aromatic rings. The van der Waals surface area contributed by atoms with E-state index in [0.29, 0.717) is 24.3 Å². The zero-order valence-corrected chi connectivity index (χ0v) is 17.7. The van der Waals surface area contributed by atoms with Crippen LogP contribution in [-0.4, -0.2) is 34.6 Å². The molecule has 1 unspecified atom stereocenters. The first kappa shape index (κ1) is 20.0. The van der Waals surface area contributed by atoms with Gasteiger partial charge in [0.1, 0.15) is 5.75 Å². The molecule has 1 aromatic heterocycles. The van der Waals surface area contributed by atoms with Gasteiger partial charge >= 0.3 is 0 Å². The maximum absolute atomic E-state index is 13.1. The Morgan fingerprint density at radius 2 is 1.97 bits per heavy atom. The second-order valence-electron chi connectivity index (χ2n) is 7.38. The summed E-state index contributed by atoms with van der Waals surface area (Å²) in [7, 11) is 0. The van der Waals surface area contributed by atoms with Crippen LogP contribution in [0.1, 0.15) is 24.0 Å². The summed E-state index contributed by atoms with van der Waals surface area (Å²) < 4.78 is 13.6. The Morgan fingerprint density at radius 1 is 1.17 bits per heavy atom. The normalized spacial score (nSPS) is 16.4. The third-order valence-corrected chi connectivity index (χ3v) is 6.15. The standard InChI is InChI=1S/C23H26N2O3S/c1-16-7-5-8-17(2)21(16)28-13-14-29-23-24-20-11-4-3-10-19(20)22(26)25(23)15-18-9-6-12-27-18/h3-5,7-8,10-11,18H,6,9,12-15H2,1-2H3. The SMILES string of the molecule is Cc1cccc(C)c1OCCSc1nc2ccccc2c(=O)n1CC1CCCO1. The zero-order valence-electron chi connectivity index (χ0n) is 16.9. The van der Waals surface area contributed by atoms with E-state index < -0.39 is 0 Å². The first-order chi connectivity index (χ1) is 14.1. The Labute approximate surface area is 175 Å². The molecule has 152 valence electrons. The van der Waals surface area contributed by atoms with Crippen molar-refractivity contribution in [1.29, 1.82) is 0 Å². The van der Waals surface area contributed by atoms with Gasteiger partial charge in [-0.2, -0.15) is 0 Å².